The summed E-state index contributed by atoms with van der Waals surface area (Å²) in [5.74, 6) is 1.36. The van der Waals surface area contributed by atoms with Gasteiger partial charge in [0.1, 0.15) is 22.7 Å². The van der Waals surface area contributed by atoms with E-state index in [9.17, 15) is 9.59 Å². The number of ether oxygens (including phenoxy) is 1. The van der Waals surface area contributed by atoms with Gasteiger partial charge in [0.2, 0.25) is 5.91 Å². The summed E-state index contributed by atoms with van der Waals surface area (Å²) >= 11 is 0. The first-order valence-electron chi connectivity index (χ1n) is 10.7. The van der Waals surface area contributed by atoms with Crippen molar-refractivity contribution in [3.05, 3.63) is 46.8 Å². The van der Waals surface area contributed by atoms with Crippen LogP contribution in [0.4, 0.5) is 0 Å². The summed E-state index contributed by atoms with van der Waals surface area (Å²) in [4.78, 5) is 31.6. The van der Waals surface area contributed by atoms with Crippen molar-refractivity contribution in [1.29, 1.82) is 0 Å². The maximum atomic E-state index is 13.5. The van der Waals surface area contributed by atoms with Crippen molar-refractivity contribution in [3.63, 3.8) is 0 Å². The van der Waals surface area contributed by atoms with Crippen LogP contribution in [0.2, 0.25) is 0 Å². The molecule has 3 heterocycles. The number of rotatable bonds is 3. The van der Waals surface area contributed by atoms with E-state index in [1.807, 2.05) is 53.1 Å². The number of aryl methyl sites for hydroxylation is 2. The summed E-state index contributed by atoms with van der Waals surface area (Å²) in [7, 11) is 3.79. The normalized spacial score (nSPS) is 18.0. The molecule has 31 heavy (non-hydrogen) atoms. The minimum Gasteiger partial charge on any atom is -0.485 e. The molecule has 0 unspecified atom stereocenters. The Balaban J connectivity index is 1.60. The number of para-hydroxylation sites is 1. The highest BCUT2D eigenvalue weighted by Gasteiger charge is 2.43. The molecule has 0 saturated carbocycles. The van der Waals surface area contributed by atoms with Crippen LogP contribution in [0.15, 0.2) is 28.8 Å². The minimum atomic E-state index is -0.532. The minimum absolute atomic E-state index is 0.0953. The summed E-state index contributed by atoms with van der Waals surface area (Å²) in [6.07, 6.45) is 1.35. The van der Waals surface area contributed by atoms with Crippen molar-refractivity contribution in [3.8, 4) is 5.75 Å². The Kier molecular flexibility index (Phi) is 5.75. The molecule has 8 nitrogen and oxygen atoms in total. The summed E-state index contributed by atoms with van der Waals surface area (Å²) in [6, 6.07) is 7.87. The van der Waals surface area contributed by atoms with E-state index in [-0.39, 0.29) is 11.8 Å². The predicted octanol–water partition coefficient (Wildman–Crippen LogP) is 2.25. The Morgan fingerprint density at radius 1 is 1.13 bits per heavy atom. The lowest BCUT2D eigenvalue weighted by Crippen LogP contribution is -2.56. The van der Waals surface area contributed by atoms with Crippen LogP contribution in [0.3, 0.4) is 0 Å². The molecule has 166 valence electrons. The van der Waals surface area contributed by atoms with E-state index < -0.39 is 5.60 Å². The summed E-state index contributed by atoms with van der Waals surface area (Å²) in [6.45, 7) is 6.10. The van der Waals surface area contributed by atoms with Gasteiger partial charge in [-0.3, -0.25) is 9.59 Å². The summed E-state index contributed by atoms with van der Waals surface area (Å²) < 4.78 is 11.8. The van der Waals surface area contributed by atoms with E-state index in [4.69, 9.17) is 9.26 Å². The Labute approximate surface area is 182 Å². The SMILES string of the molecule is Cc1noc(C)c1C(=O)N1Cc2ccccc2OC2(CCN(C(=O)CN(C)C)CC2)C1. The smallest absolute Gasteiger partial charge is 0.259 e. The largest absolute Gasteiger partial charge is 0.485 e. The third-order valence-electron chi connectivity index (χ3n) is 6.15. The zero-order valence-electron chi connectivity index (χ0n) is 18.7. The van der Waals surface area contributed by atoms with Crippen LogP contribution < -0.4 is 4.74 Å². The molecular weight excluding hydrogens is 396 g/mol. The highest BCUT2D eigenvalue weighted by Crippen LogP contribution is 2.36. The number of aromatic nitrogens is 1. The third-order valence-corrected chi connectivity index (χ3v) is 6.15. The zero-order chi connectivity index (χ0) is 22.2. The molecule has 0 radical (unpaired) electrons. The lowest BCUT2D eigenvalue weighted by Gasteiger charge is -2.43. The molecule has 1 saturated heterocycles. The molecule has 0 aliphatic carbocycles. The lowest BCUT2D eigenvalue weighted by molar-refractivity contribution is -0.135. The molecule has 2 aliphatic rings. The molecular formula is C23H30N4O4. The molecule has 8 heteroatoms. The number of benzene rings is 1. The number of carbonyl (C=O) groups excluding carboxylic acids is 2. The number of likely N-dealkylation sites (tertiary alicyclic amines) is 1. The van der Waals surface area contributed by atoms with E-state index >= 15 is 0 Å². The van der Waals surface area contributed by atoms with E-state index in [2.05, 4.69) is 5.16 Å². The fourth-order valence-corrected chi connectivity index (χ4v) is 4.49. The van der Waals surface area contributed by atoms with Crippen molar-refractivity contribution >= 4 is 11.8 Å². The number of hydrogen-bond acceptors (Lipinski definition) is 6. The van der Waals surface area contributed by atoms with Crippen molar-refractivity contribution in [2.75, 3.05) is 40.3 Å². The average molecular weight is 427 g/mol. The van der Waals surface area contributed by atoms with Crippen molar-refractivity contribution in [1.82, 2.24) is 19.9 Å². The average Bonchev–Trinajstić information content (AvgIpc) is 2.97. The van der Waals surface area contributed by atoms with Gasteiger partial charge in [0.25, 0.3) is 5.91 Å². The highest BCUT2D eigenvalue weighted by molar-refractivity contribution is 5.96. The molecule has 1 fully saturated rings. The molecule has 1 spiro atoms. The molecule has 1 aromatic heterocycles. The first-order valence-corrected chi connectivity index (χ1v) is 10.7. The number of amides is 2. The second-order valence-electron chi connectivity index (χ2n) is 8.87. The van der Waals surface area contributed by atoms with Gasteiger partial charge in [-0.1, -0.05) is 23.4 Å². The predicted molar refractivity (Wildman–Crippen MR) is 115 cm³/mol. The Morgan fingerprint density at radius 3 is 2.48 bits per heavy atom. The van der Waals surface area contributed by atoms with Gasteiger partial charge >= 0.3 is 0 Å². The maximum absolute atomic E-state index is 13.5. The van der Waals surface area contributed by atoms with Crippen LogP contribution in [0.1, 0.15) is 40.2 Å². The van der Waals surface area contributed by atoms with Gasteiger partial charge < -0.3 is 24.0 Å². The second-order valence-corrected chi connectivity index (χ2v) is 8.87. The van der Waals surface area contributed by atoms with E-state index in [0.29, 0.717) is 62.6 Å². The highest BCUT2D eigenvalue weighted by atomic mass is 16.5. The summed E-state index contributed by atoms with van der Waals surface area (Å²) in [5, 5.41) is 3.95. The molecule has 0 atom stereocenters. The van der Waals surface area contributed by atoms with Gasteiger partial charge in [-0.15, -0.1) is 0 Å². The van der Waals surface area contributed by atoms with Gasteiger partial charge in [0, 0.05) is 38.0 Å². The first kappa shape index (κ1) is 21.4. The fraction of sp³-hybridized carbons (Fsp3) is 0.522. The number of likely N-dealkylation sites (N-methyl/N-ethyl adjacent to an activating group) is 1. The molecule has 2 aromatic rings. The third kappa shape index (κ3) is 4.30. The van der Waals surface area contributed by atoms with Crippen molar-refractivity contribution < 1.29 is 18.8 Å². The quantitative estimate of drug-likeness (QED) is 0.749. The summed E-state index contributed by atoms with van der Waals surface area (Å²) in [5.41, 5.74) is 1.56. The van der Waals surface area contributed by atoms with Crippen LogP contribution in [0, 0.1) is 13.8 Å². The van der Waals surface area contributed by atoms with Crippen LogP contribution >= 0.6 is 0 Å². The van der Waals surface area contributed by atoms with Gasteiger partial charge in [0.15, 0.2) is 0 Å². The van der Waals surface area contributed by atoms with Gasteiger partial charge in [0.05, 0.1) is 18.8 Å². The Morgan fingerprint density at radius 2 is 1.84 bits per heavy atom. The van der Waals surface area contributed by atoms with Crippen LogP contribution in [-0.2, 0) is 11.3 Å². The van der Waals surface area contributed by atoms with Gasteiger partial charge in [-0.25, -0.2) is 0 Å². The van der Waals surface area contributed by atoms with Crippen LogP contribution in [0.25, 0.3) is 0 Å². The van der Waals surface area contributed by atoms with Crippen molar-refractivity contribution in [2.45, 2.75) is 38.8 Å². The monoisotopic (exact) mass is 426 g/mol. The number of carbonyl (C=O) groups is 2. The van der Waals surface area contributed by atoms with Crippen molar-refractivity contribution in [2.24, 2.45) is 0 Å². The maximum Gasteiger partial charge on any atom is 0.259 e. The Bertz CT molecular complexity index is 956. The van der Waals surface area contributed by atoms with Gasteiger partial charge in [-0.05, 0) is 34.0 Å². The number of nitrogens with zero attached hydrogens (tertiary/aromatic N) is 4. The molecule has 0 N–H and O–H groups in total. The molecule has 0 bridgehead atoms. The van der Waals surface area contributed by atoms with E-state index in [1.54, 1.807) is 13.8 Å². The van der Waals surface area contributed by atoms with E-state index in [1.165, 1.54) is 0 Å². The van der Waals surface area contributed by atoms with Crippen LogP contribution in [-0.4, -0.2) is 77.5 Å². The van der Waals surface area contributed by atoms with Crippen LogP contribution in [0.5, 0.6) is 5.75 Å². The molecule has 4 rings (SSSR count). The number of piperidine rings is 1. The lowest BCUT2D eigenvalue weighted by atomic mass is 9.90. The molecule has 2 amide bonds. The second kappa shape index (κ2) is 8.34. The molecule has 1 aromatic carbocycles. The fourth-order valence-electron chi connectivity index (χ4n) is 4.49. The number of fused-ring (bicyclic) bond motifs is 1. The van der Waals surface area contributed by atoms with Gasteiger partial charge in [-0.2, -0.15) is 0 Å². The standard InChI is InChI=1S/C23H30N4O4/c1-16-21(17(2)31-24-16)22(29)27-13-18-7-5-6-8-19(18)30-23(15-27)9-11-26(12-10-23)20(28)14-25(3)4/h5-8H,9-15H2,1-4H3. The van der Waals surface area contributed by atoms with E-state index in [0.717, 1.165) is 11.3 Å². The molecule has 2 aliphatic heterocycles. The Hall–Kier alpha value is -2.87. The number of hydrogen-bond donors (Lipinski definition) is 0. The first-order chi connectivity index (χ1) is 14.8. The zero-order valence-corrected chi connectivity index (χ0v) is 18.7. The topological polar surface area (TPSA) is 79.1 Å².